The van der Waals surface area contributed by atoms with Gasteiger partial charge >= 0.3 is 0 Å². The van der Waals surface area contributed by atoms with Gasteiger partial charge in [0.05, 0.1) is 0 Å². The number of hydrogen-bond acceptors (Lipinski definition) is 3. The summed E-state index contributed by atoms with van der Waals surface area (Å²) < 4.78 is 2.10. The number of fused-ring (bicyclic) bond motifs is 1. The van der Waals surface area contributed by atoms with E-state index in [1.54, 1.807) is 11.3 Å². The molecular weight excluding hydrogens is 158 g/mol. The zero-order valence-corrected chi connectivity index (χ0v) is 7.35. The highest BCUT2D eigenvalue weighted by Gasteiger charge is 2.05. The van der Waals surface area contributed by atoms with Crippen LogP contribution in [0.4, 0.5) is 0 Å². The Morgan fingerprint density at radius 1 is 1.55 bits per heavy atom. The first-order valence-corrected chi connectivity index (χ1v) is 4.49. The van der Waals surface area contributed by atoms with Crippen LogP contribution in [0.5, 0.6) is 0 Å². The van der Waals surface area contributed by atoms with Crippen LogP contribution in [-0.4, -0.2) is 14.6 Å². The fourth-order valence-corrected chi connectivity index (χ4v) is 1.97. The van der Waals surface area contributed by atoms with Crippen molar-refractivity contribution in [3.8, 4) is 0 Å². The van der Waals surface area contributed by atoms with Gasteiger partial charge in [0.25, 0.3) is 0 Å². The molecule has 11 heavy (non-hydrogen) atoms. The third kappa shape index (κ3) is 0.860. The van der Waals surface area contributed by atoms with Crippen molar-refractivity contribution in [1.29, 1.82) is 0 Å². The quantitative estimate of drug-likeness (QED) is 0.646. The summed E-state index contributed by atoms with van der Waals surface area (Å²) in [6.07, 6.45) is 0.943. The predicted molar refractivity (Wildman–Crippen MR) is 45.0 cm³/mol. The van der Waals surface area contributed by atoms with Gasteiger partial charge in [-0.05, 0) is 6.92 Å². The van der Waals surface area contributed by atoms with Crippen LogP contribution in [0.2, 0.25) is 0 Å². The molecule has 0 aliphatic rings. The highest BCUT2D eigenvalue weighted by molar-refractivity contribution is 7.15. The molecule has 0 aromatic carbocycles. The summed E-state index contributed by atoms with van der Waals surface area (Å²) in [5.41, 5.74) is 1.23. The Balaban J connectivity index is 2.80. The van der Waals surface area contributed by atoms with Crippen molar-refractivity contribution < 1.29 is 0 Å². The van der Waals surface area contributed by atoms with Crippen molar-refractivity contribution in [1.82, 2.24) is 14.6 Å². The van der Waals surface area contributed by atoms with Crippen LogP contribution in [0.15, 0.2) is 5.38 Å². The van der Waals surface area contributed by atoms with E-state index in [0.717, 1.165) is 17.2 Å². The Kier molecular flexibility index (Phi) is 1.42. The Hall–Kier alpha value is -0.900. The Morgan fingerprint density at radius 2 is 2.36 bits per heavy atom. The van der Waals surface area contributed by atoms with E-state index >= 15 is 0 Å². The van der Waals surface area contributed by atoms with Gasteiger partial charge in [0.2, 0.25) is 4.96 Å². The molecule has 0 N–H and O–H groups in total. The fraction of sp³-hybridized carbons (Fsp3) is 0.429. The summed E-state index contributed by atoms with van der Waals surface area (Å²) in [5, 5.41) is 10.2. The molecule has 0 unspecified atom stereocenters. The molecule has 0 saturated carbocycles. The first-order chi connectivity index (χ1) is 5.33. The van der Waals surface area contributed by atoms with E-state index in [1.165, 1.54) is 5.69 Å². The summed E-state index contributed by atoms with van der Waals surface area (Å²) in [4.78, 5) is 0.999. The van der Waals surface area contributed by atoms with Gasteiger partial charge in [0.15, 0.2) is 0 Å². The second kappa shape index (κ2) is 2.30. The van der Waals surface area contributed by atoms with Crippen molar-refractivity contribution in [2.24, 2.45) is 0 Å². The molecule has 0 aliphatic carbocycles. The van der Waals surface area contributed by atoms with Gasteiger partial charge in [-0.15, -0.1) is 21.5 Å². The zero-order valence-electron chi connectivity index (χ0n) is 6.53. The highest BCUT2D eigenvalue weighted by atomic mass is 32.1. The van der Waals surface area contributed by atoms with E-state index in [0.29, 0.717) is 0 Å². The maximum atomic E-state index is 4.06. The largest absolute Gasteiger partial charge is 0.274 e. The molecule has 0 bridgehead atoms. The molecule has 2 heterocycles. The lowest BCUT2D eigenvalue weighted by Crippen LogP contribution is -1.91. The number of aryl methyl sites for hydroxylation is 2. The number of thiazole rings is 1. The van der Waals surface area contributed by atoms with E-state index in [1.807, 2.05) is 0 Å². The first-order valence-electron chi connectivity index (χ1n) is 3.61. The van der Waals surface area contributed by atoms with Gasteiger partial charge in [0, 0.05) is 17.5 Å². The lowest BCUT2D eigenvalue weighted by molar-refractivity contribution is 0.896. The van der Waals surface area contributed by atoms with Crippen molar-refractivity contribution in [2.75, 3.05) is 0 Å². The molecule has 2 aromatic rings. The van der Waals surface area contributed by atoms with Gasteiger partial charge in [-0.1, -0.05) is 6.92 Å². The second-order valence-electron chi connectivity index (χ2n) is 2.46. The minimum Gasteiger partial charge on any atom is -0.274 e. The average Bonchev–Trinajstić information content (AvgIpc) is 2.54. The first kappa shape index (κ1) is 6.79. The molecule has 0 aliphatic heterocycles. The van der Waals surface area contributed by atoms with Crippen LogP contribution < -0.4 is 0 Å². The molecule has 2 aromatic heterocycles. The van der Waals surface area contributed by atoms with E-state index in [9.17, 15) is 0 Å². The predicted octanol–water partition coefficient (Wildman–Crippen LogP) is 1.66. The second-order valence-corrected chi connectivity index (χ2v) is 3.30. The lowest BCUT2D eigenvalue weighted by atomic mass is 10.4. The van der Waals surface area contributed by atoms with Gasteiger partial charge < -0.3 is 0 Å². The van der Waals surface area contributed by atoms with E-state index in [4.69, 9.17) is 0 Å². The Morgan fingerprint density at radius 3 is 3.09 bits per heavy atom. The Labute approximate surface area is 68.7 Å². The summed E-state index contributed by atoms with van der Waals surface area (Å²) in [5.74, 6) is 1.05. The molecule has 0 spiro atoms. The number of nitrogens with zero attached hydrogens (tertiary/aromatic N) is 3. The summed E-state index contributed by atoms with van der Waals surface area (Å²) >= 11 is 1.64. The van der Waals surface area contributed by atoms with Gasteiger partial charge in [0.1, 0.15) is 5.82 Å². The van der Waals surface area contributed by atoms with Crippen molar-refractivity contribution in [3.05, 3.63) is 16.9 Å². The van der Waals surface area contributed by atoms with Crippen LogP contribution >= 0.6 is 11.3 Å². The third-order valence-corrected chi connectivity index (χ3v) is 2.64. The number of hydrogen-bond donors (Lipinski definition) is 0. The van der Waals surface area contributed by atoms with Crippen LogP contribution in [0.3, 0.4) is 0 Å². The van der Waals surface area contributed by atoms with Crippen LogP contribution in [0.1, 0.15) is 18.4 Å². The highest BCUT2D eigenvalue weighted by Crippen LogP contribution is 2.14. The lowest BCUT2D eigenvalue weighted by Gasteiger charge is -1.91. The van der Waals surface area contributed by atoms with Crippen molar-refractivity contribution >= 4 is 16.3 Å². The number of rotatable bonds is 1. The zero-order chi connectivity index (χ0) is 7.84. The van der Waals surface area contributed by atoms with E-state index in [-0.39, 0.29) is 0 Å². The molecule has 0 fully saturated rings. The average molecular weight is 167 g/mol. The molecular formula is C7H9N3S. The van der Waals surface area contributed by atoms with Crippen LogP contribution in [-0.2, 0) is 6.42 Å². The molecule has 3 nitrogen and oxygen atoms in total. The van der Waals surface area contributed by atoms with Crippen LogP contribution in [0, 0.1) is 6.92 Å². The smallest absolute Gasteiger partial charge is 0.216 e. The minimum atomic E-state index is 0.943. The fourth-order valence-electron chi connectivity index (χ4n) is 1.15. The standard InChI is InChI=1S/C7H9N3S/c1-3-6-8-9-7-10(6)5(2)4-11-7/h4H,3H2,1-2H3. The SMILES string of the molecule is CCc1nnc2scc(C)n12. The summed E-state index contributed by atoms with van der Waals surface area (Å²) in [6.45, 7) is 4.17. The Bertz CT molecular complexity index is 374. The van der Waals surface area contributed by atoms with Gasteiger partial charge in [-0.25, -0.2) is 0 Å². The molecule has 4 heteroatoms. The van der Waals surface area contributed by atoms with Crippen molar-refractivity contribution in [3.63, 3.8) is 0 Å². The molecule has 0 saturated heterocycles. The monoisotopic (exact) mass is 167 g/mol. The number of aromatic nitrogens is 3. The van der Waals surface area contributed by atoms with Crippen molar-refractivity contribution in [2.45, 2.75) is 20.3 Å². The van der Waals surface area contributed by atoms with E-state index in [2.05, 4.69) is 33.8 Å². The van der Waals surface area contributed by atoms with Gasteiger partial charge in [-0.2, -0.15) is 0 Å². The third-order valence-electron chi connectivity index (χ3n) is 1.70. The molecule has 2 rings (SSSR count). The minimum absolute atomic E-state index is 0.943. The molecule has 0 radical (unpaired) electrons. The topological polar surface area (TPSA) is 30.2 Å². The molecule has 0 amide bonds. The van der Waals surface area contributed by atoms with Crippen LogP contribution in [0.25, 0.3) is 4.96 Å². The summed E-state index contributed by atoms with van der Waals surface area (Å²) in [6, 6.07) is 0. The maximum Gasteiger partial charge on any atom is 0.216 e. The normalized spacial score (nSPS) is 11.1. The summed E-state index contributed by atoms with van der Waals surface area (Å²) in [7, 11) is 0. The molecule has 58 valence electrons. The van der Waals surface area contributed by atoms with E-state index < -0.39 is 0 Å². The molecule has 0 atom stereocenters. The maximum absolute atomic E-state index is 4.06. The van der Waals surface area contributed by atoms with Gasteiger partial charge in [-0.3, -0.25) is 4.40 Å².